The Morgan fingerprint density at radius 2 is 1.94 bits per heavy atom. The molecule has 1 atom stereocenters. The van der Waals surface area contributed by atoms with Gasteiger partial charge in [-0.15, -0.1) is 0 Å². The first-order valence-electron chi connectivity index (χ1n) is 5.39. The number of hydrogen-bond acceptors (Lipinski definition) is 5. The van der Waals surface area contributed by atoms with Crippen molar-refractivity contribution in [1.82, 2.24) is 4.90 Å². The average molecular weight is 259 g/mol. The van der Waals surface area contributed by atoms with Gasteiger partial charge >= 0.3 is 12.1 Å². The van der Waals surface area contributed by atoms with E-state index < -0.39 is 32.3 Å². The molecule has 96 valence electrons. The minimum absolute atomic E-state index is 0.167. The first-order valence-corrected chi connectivity index (χ1v) is 8.80. The minimum Gasteiger partial charge on any atom is -0.518 e. The molecule has 2 amide bonds. The Hall–Kier alpha value is -1.37. The number of imide groups is 1. The number of ether oxygens (including phenoxy) is 1. The van der Waals surface area contributed by atoms with Gasteiger partial charge in [0.05, 0.1) is 7.11 Å². The molecule has 1 fully saturated rings. The van der Waals surface area contributed by atoms with Gasteiger partial charge in [0.15, 0.2) is 0 Å². The molecular weight excluding hydrogens is 242 g/mol. The van der Waals surface area contributed by atoms with E-state index in [0.29, 0.717) is 6.42 Å². The summed E-state index contributed by atoms with van der Waals surface area (Å²) < 4.78 is 9.78. The van der Waals surface area contributed by atoms with E-state index in [2.05, 4.69) is 4.74 Å². The van der Waals surface area contributed by atoms with Crippen LogP contribution in [0.15, 0.2) is 0 Å². The summed E-state index contributed by atoms with van der Waals surface area (Å²) in [4.78, 5) is 35.6. The molecule has 17 heavy (non-hydrogen) atoms. The van der Waals surface area contributed by atoms with Crippen molar-refractivity contribution in [3.8, 4) is 0 Å². The molecule has 0 bridgehead atoms. The Kier molecular flexibility index (Phi) is 3.92. The highest BCUT2D eigenvalue weighted by Crippen LogP contribution is 2.22. The Labute approximate surface area is 101 Å². The van der Waals surface area contributed by atoms with E-state index in [0.717, 1.165) is 4.90 Å². The maximum atomic E-state index is 11.8. The third-order valence-electron chi connectivity index (χ3n) is 2.26. The maximum absolute atomic E-state index is 11.8. The zero-order chi connectivity index (χ0) is 13.2. The van der Waals surface area contributed by atoms with Crippen LogP contribution in [-0.2, 0) is 18.8 Å². The molecule has 0 saturated carbocycles. The molecule has 1 unspecified atom stereocenters. The van der Waals surface area contributed by atoms with Gasteiger partial charge in [0.1, 0.15) is 6.04 Å². The highest BCUT2D eigenvalue weighted by Gasteiger charge is 2.43. The lowest BCUT2D eigenvalue weighted by Crippen LogP contribution is -2.46. The van der Waals surface area contributed by atoms with Crippen LogP contribution in [0.3, 0.4) is 0 Å². The van der Waals surface area contributed by atoms with E-state index in [-0.39, 0.29) is 6.42 Å². The standard InChI is InChI=1S/C10H17NO5Si/c1-15-10(14)11-7(5-6-8(11)12)9(13)16-17(2,3)4/h7H,5-6H2,1-4H3. The fraction of sp³-hybridized carbons (Fsp3) is 0.700. The molecule has 0 aliphatic carbocycles. The Bertz CT molecular complexity index is 349. The van der Waals surface area contributed by atoms with Gasteiger partial charge < -0.3 is 9.16 Å². The van der Waals surface area contributed by atoms with Crippen LogP contribution in [0.25, 0.3) is 0 Å². The molecule has 1 aliphatic rings. The summed E-state index contributed by atoms with van der Waals surface area (Å²) in [7, 11) is -0.849. The number of amides is 2. The molecule has 0 aromatic rings. The zero-order valence-corrected chi connectivity index (χ0v) is 11.5. The summed E-state index contributed by atoms with van der Waals surface area (Å²) in [6, 6.07) is -0.832. The van der Waals surface area contributed by atoms with Gasteiger partial charge in [-0.05, 0) is 26.1 Å². The van der Waals surface area contributed by atoms with Crippen LogP contribution >= 0.6 is 0 Å². The van der Waals surface area contributed by atoms with E-state index in [1.54, 1.807) is 0 Å². The normalized spacial score (nSPS) is 20.4. The number of rotatable bonds is 2. The molecule has 1 rings (SSSR count). The highest BCUT2D eigenvalue weighted by molar-refractivity contribution is 6.71. The van der Waals surface area contributed by atoms with Gasteiger partial charge in [-0.1, -0.05) is 0 Å². The zero-order valence-electron chi connectivity index (χ0n) is 10.5. The monoisotopic (exact) mass is 259 g/mol. The van der Waals surface area contributed by atoms with E-state index in [1.165, 1.54) is 7.11 Å². The van der Waals surface area contributed by atoms with Crippen molar-refractivity contribution in [3.05, 3.63) is 0 Å². The topological polar surface area (TPSA) is 72.9 Å². The first-order chi connectivity index (χ1) is 7.76. The Morgan fingerprint density at radius 1 is 1.35 bits per heavy atom. The molecule has 0 radical (unpaired) electrons. The van der Waals surface area contributed by atoms with Gasteiger partial charge in [0, 0.05) is 6.42 Å². The smallest absolute Gasteiger partial charge is 0.417 e. The lowest BCUT2D eigenvalue weighted by Gasteiger charge is -2.24. The molecule has 1 saturated heterocycles. The third kappa shape index (κ3) is 3.29. The van der Waals surface area contributed by atoms with Gasteiger partial charge in [0.2, 0.25) is 14.2 Å². The molecule has 0 spiro atoms. The van der Waals surface area contributed by atoms with E-state index in [9.17, 15) is 14.4 Å². The number of hydrogen-bond donors (Lipinski definition) is 0. The second-order valence-electron chi connectivity index (χ2n) is 4.82. The molecule has 7 heteroatoms. The third-order valence-corrected chi connectivity index (χ3v) is 3.08. The largest absolute Gasteiger partial charge is 0.518 e. The molecule has 0 aromatic heterocycles. The molecule has 0 N–H and O–H groups in total. The molecule has 6 nitrogen and oxygen atoms in total. The number of methoxy groups -OCH3 is 1. The number of likely N-dealkylation sites (tertiary alicyclic amines) is 1. The highest BCUT2D eigenvalue weighted by atomic mass is 28.4. The summed E-state index contributed by atoms with van der Waals surface area (Å²) in [6.45, 7) is 5.60. The fourth-order valence-corrected chi connectivity index (χ4v) is 2.34. The molecule has 0 aromatic carbocycles. The van der Waals surface area contributed by atoms with Crippen molar-refractivity contribution in [3.63, 3.8) is 0 Å². The number of carbonyl (C=O) groups excluding carboxylic acids is 3. The van der Waals surface area contributed by atoms with Crippen molar-refractivity contribution in [2.45, 2.75) is 38.5 Å². The van der Waals surface area contributed by atoms with Gasteiger partial charge in [0.25, 0.3) is 0 Å². The fourth-order valence-electron chi connectivity index (χ4n) is 1.60. The summed E-state index contributed by atoms with van der Waals surface area (Å²) in [5.41, 5.74) is 0. The second-order valence-corrected chi connectivity index (χ2v) is 9.25. The van der Waals surface area contributed by atoms with Crippen LogP contribution in [0.4, 0.5) is 4.79 Å². The summed E-state index contributed by atoms with van der Waals surface area (Å²) in [5.74, 6) is -0.908. The summed E-state index contributed by atoms with van der Waals surface area (Å²) in [6.07, 6.45) is -0.331. The van der Waals surface area contributed by atoms with Gasteiger partial charge in [-0.25, -0.2) is 9.69 Å². The number of nitrogens with zero attached hydrogens (tertiary/aromatic N) is 1. The Balaban J connectivity index is 2.79. The Morgan fingerprint density at radius 3 is 2.41 bits per heavy atom. The van der Waals surface area contributed by atoms with Crippen LogP contribution in [0, 0.1) is 0 Å². The van der Waals surface area contributed by atoms with Crippen LogP contribution in [0.2, 0.25) is 19.6 Å². The molecule has 1 aliphatic heterocycles. The molecular formula is C10H17NO5Si. The SMILES string of the molecule is COC(=O)N1C(=O)CCC1C(=O)O[Si](C)(C)C. The van der Waals surface area contributed by atoms with Crippen molar-refractivity contribution < 1.29 is 23.5 Å². The summed E-state index contributed by atoms with van der Waals surface area (Å²) in [5, 5.41) is 0. The van der Waals surface area contributed by atoms with E-state index in [4.69, 9.17) is 4.43 Å². The van der Waals surface area contributed by atoms with Crippen LogP contribution in [0.1, 0.15) is 12.8 Å². The maximum Gasteiger partial charge on any atom is 0.417 e. The van der Waals surface area contributed by atoms with E-state index in [1.807, 2.05) is 19.6 Å². The molecule has 1 heterocycles. The summed E-state index contributed by atoms with van der Waals surface area (Å²) >= 11 is 0. The minimum atomic E-state index is -2.02. The lowest BCUT2D eigenvalue weighted by atomic mass is 10.2. The quantitative estimate of drug-likeness (QED) is 0.695. The van der Waals surface area contributed by atoms with Crippen molar-refractivity contribution in [1.29, 1.82) is 0 Å². The van der Waals surface area contributed by atoms with Crippen LogP contribution in [-0.4, -0.2) is 44.3 Å². The van der Waals surface area contributed by atoms with E-state index >= 15 is 0 Å². The lowest BCUT2D eigenvalue weighted by molar-refractivity contribution is -0.143. The van der Waals surface area contributed by atoms with Gasteiger partial charge in [-0.3, -0.25) is 9.59 Å². The predicted octanol–water partition coefficient (Wildman–Crippen LogP) is 1.12. The van der Waals surface area contributed by atoms with Crippen LogP contribution < -0.4 is 0 Å². The average Bonchev–Trinajstić information content (AvgIpc) is 2.56. The predicted molar refractivity (Wildman–Crippen MR) is 61.7 cm³/mol. The second kappa shape index (κ2) is 4.87. The van der Waals surface area contributed by atoms with Crippen LogP contribution in [0.5, 0.6) is 0 Å². The van der Waals surface area contributed by atoms with Gasteiger partial charge in [-0.2, -0.15) is 0 Å². The van der Waals surface area contributed by atoms with Crippen molar-refractivity contribution in [2.75, 3.05) is 7.11 Å². The van der Waals surface area contributed by atoms with Crippen molar-refractivity contribution in [2.24, 2.45) is 0 Å². The number of carbonyl (C=O) groups is 3. The first kappa shape index (κ1) is 13.7. The van der Waals surface area contributed by atoms with Crippen molar-refractivity contribution >= 4 is 26.3 Å².